The average Bonchev–Trinajstić information content (AvgIpc) is 2.67. The Morgan fingerprint density at radius 3 is 1.43 bits per heavy atom. The quantitative estimate of drug-likeness (QED) is 0.379. The van der Waals surface area contributed by atoms with Crippen LogP contribution >= 0.6 is 24.8 Å². The Morgan fingerprint density at radius 1 is 0.821 bits per heavy atom. The Hall–Kier alpha value is -2.52. The van der Waals surface area contributed by atoms with Gasteiger partial charge in [0.05, 0.1) is 0 Å². The third kappa shape index (κ3) is 6.28. The van der Waals surface area contributed by atoms with Crippen molar-refractivity contribution in [3.8, 4) is 22.6 Å². The maximum Gasteiger partial charge on any atom is 0.320 e. The second-order valence-electron chi connectivity index (χ2n) is 5.38. The molecule has 10 heteroatoms. The molecule has 28 heavy (non-hydrogen) atoms. The number of rotatable bonds is 7. The van der Waals surface area contributed by atoms with Crippen LogP contribution in [0.3, 0.4) is 0 Å². The monoisotopic (exact) mass is 436 g/mol. The summed E-state index contributed by atoms with van der Waals surface area (Å²) >= 11 is 0. The molecular formula is C18H22Cl2N2O6. The summed E-state index contributed by atoms with van der Waals surface area (Å²) in [6, 6.07) is 2.70. The first kappa shape index (κ1) is 18.8. The van der Waals surface area contributed by atoms with E-state index in [4.69, 9.17) is 27.2 Å². The first-order valence-corrected chi connectivity index (χ1v) is 7.35. The fourth-order valence-corrected chi connectivity index (χ4v) is 2.17. The summed E-state index contributed by atoms with van der Waals surface area (Å²) < 4.78 is 32.0. The maximum absolute atomic E-state index is 11.1. The smallest absolute Gasteiger partial charge is 0.320 e. The molecule has 0 aliphatic rings. The van der Waals surface area contributed by atoms with Crippen molar-refractivity contribution in [2.45, 2.75) is 24.8 Å². The third-order valence-electron chi connectivity index (χ3n) is 3.46. The standard InChI is InChI=1S/C18H20N2O6.2ClH/c19-13(17(23)24)7-9-1-3-15(21)11(5-9)12-6-10(2-4-16(12)22)8-14(20)18(25)26;;/h1-6,13-14,21-22H,7-8,19-20H2,(H,23,24)(H,25,26);2*1H/t13-,14-;;/m0../s1/i7D2,8D2;;. The summed E-state index contributed by atoms with van der Waals surface area (Å²) in [5.74, 6) is -4.02. The van der Waals surface area contributed by atoms with Crippen molar-refractivity contribution in [1.82, 2.24) is 0 Å². The van der Waals surface area contributed by atoms with Gasteiger partial charge in [-0.15, -0.1) is 24.8 Å². The highest BCUT2D eigenvalue weighted by molar-refractivity contribution is 5.85. The minimum atomic E-state index is -2.54. The SMILES string of the molecule is Cl.Cl.[2H]C([2H])(c1ccc(O)c(-c2cc(C([2H])([2H])[C@H](N)C(=O)O)ccc2O)c1)[C@H](N)C(=O)O. The van der Waals surface area contributed by atoms with E-state index >= 15 is 0 Å². The Balaban J connectivity index is 0.00000480. The second-order valence-corrected chi connectivity index (χ2v) is 5.38. The van der Waals surface area contributed by atoms with Crippen LogP contribution in [0.1, 0.15) is 16.6 Å². The summed E-state index contributed by atoms with van der Waals surface area (Å²) in [6.07, 6.45) is -5.08. The van der Waals surface area contributed by atoms with Crippen LogP contribution in [0.15, 0.2) is 36.4 Å². The number of carbonyl (C=O) groups is 2. The van der Waals surface area contributed by atoms with Crippen LogP contribution in [-0.2, 0) is 22.3 Å². The van der Waals surface area contributed by atoms with Crippen LogP contribution in [0, 0.1) is 0 Å². The van der Waals surface area contributed by atoms with E-state index in [9.17, 15) is 19.8 Å². The lowest BCUT2D eigenvalue weighted by atomic mass is 9.95. The van der Waals surface area contributed by atoms with E-state index in [1.807, 2.05) is 0 Å². The number of hydrogen-bond donors (Lipinski definition) is 6. The molecule has 154 valence electrons. The van der Waals surface area contributed by atoms with Crippen LogP contribution in [0.4, 0.5) is 0 Å². The van der Waals surface area contributed by atoms with Gasteiger partial charge in [0.15, 0.2) is 0 Å². The molecule has 0 fully saturated rings. The van der Waals surface area contributed by atoms with E-state index in [2.05, 4.69) is 0 Å². The van der Waals surface area contributed by atoms with E-state index in [-0.39, 0.29) is 47.1 Å². The first-order valence-electron chi connectivity index (χ1n) is 9.35. The predicted molar refractivity (Wildman–Crippen MR) is 108 cm³/mol. The molecule has 0 aromatic heterocycles. The number of benzene rings is 2. The van der Waals surface area contributed by atoms with Gasteiger partial charge in [0, 0.05) is 16.6 Å². The van der Waals surface area contributed by atoms with Gasteiger partial charge in [-0.2, -0.15) is 0 Å². The molecule has 8 N–H and O–H groups in total. The molecule has 0 aliphatic carbocycles. The lowest BCUT2D eigenvalue weighted by Gasteiger charge is -2.13. The van der Waals surface area contributed by atoms with E-state index in [1.165, 1.54) is 0 Å². The zero-order chi connectivity index (χ0) is 23.0. The minimum absolute atomic E-state index is 0. The highest BCUT2D eigenvalue weighted by Gasteiger charge is 2.17. The van der Waals surface area contributed by atoms with Crippen LogP contribution in [0.25, 0.3) is 11.1 Å². The number of halogens is 2. The molecule has 2 atom stereocenters. The number of carboxylic acid groups (broad SMARTS) is 2. The average molecular weight is 437 g/mol. The molecule has 0 spiro atoms. The van der Waals surface area contributed by atoms with Gasteiger partial charge in [-0.25, -0.2) is 0 Å². The largest absolute Gasteiger partial charge is 0.507 e. The van der Waals surface area contributed by atoms with Gasteiger partial charge in [-0.05, 0) is 48.1 Å². The van der Waals surface area contributed by atoms with Crippen molar-refractivity contribution in [2.75, 3.05) is 0 Å². The van der Waals surface area contributed by atoms with E-state index in [1.54, 1.807) is 0 Å². The number of phenolic OH excluding ortho intramolecular Hbond substituents is 2. The van der Waals surface area contributed by atoms with Gasteiger partial charge in [0.2, 0.25) is 0 Å². The maximum atomic E-state index is 11.1. The van der Waals surface area contributed by atoms with Crippen LogP contribution in [-0.4, -0.2) is 44.4 Å². The van der Waals surface area contributed by atoms with Crippen molar-refractivity contribution in [3.05, 3.63) is 47.5 Å². The molecular weight excluding hydrogens is 411 g/mol. The molecule has 0 radical (unpaired) electrons. The lowest BCUT2D eigenvalue weighted by molar-refractivity contribution is -0.139. The molecule has 0 saturated heterocycles. The van der Waals surface area contributed by atoms with Gasteiger partial charge in [0.25, 0.3) is 0 Å². The Bertz CT molecular complexity index is 930. The van der Waals surface area contributed by atoms with Crippen molar-refractivity contribution in [2.24, 2.45) is 11.5 Å². The molecule has 2 aromatic carbocycles. The van der Waals surface area contributed by atoms with Gasteiger partial charge >= 0.3 is 11.9 Å². The molecule has 0 heterocycles. The van der Waals surface area contributed by atoms with E-state index in [0.29, 0.717) is 0 Å². The van der Waals surface area contributed by atoms with E-state index < -0.39 is 48.3 Å². The van der Waals surface area contributed by atoms with E-state index in [0.717, 1.165) is 36.4 Å². The van der Waals surface area contributed by atoms with Crippen molar-refractivity contribution in [3.63, 3.8) is 0 Å². The molecule has 2 aromatic rings. The highest BCUT2D eigenvalue weighted by atomic mass is 35.5. The Labute approximate surface area is 179 Å². The lowest BCUT2D eigenvalue weighted by Crippen LogP contribution is -2.32. The van der Waals surface area contributed by atoms with Crippen molar-refractivity contribution >= 4 is 36.8 Å². The van der Waals surface area contributed by atoms with Gasteiger partial charge < -0.3 is 31.9 Å². The number of carboxylic acids is 2. The summed E-state index contributed by atoms with van der Waals surface area (Å²) in [5, 5.41) is 38.5. The molecule has 8 nitrogen and oxygen atoms in total. The summed E-state index contributed by atoms with van der Waals surface area (Å²) in [6.45, 7) is 0. The first-order chi connectivity index (χ1) is 13.7. The zero-order valence-electron chi connectivity index (χ0n) is 18.2. The fraction of sp³-hybridized carbons (Fsp3) is 0.222. The summed E-state index contributed by atoms with van der Waals surface area (Å²) in [4.78, 5) is 22.2. The van der Waals surface area contributed by atoms with Crippen LogP contribution in [0.2, 0.25) is 0 Å². The number of aromatic hydroxyl groups is 2. The number of hydrogen-bond acceptors (Lipinski definition) is 6. The molecule has 0 amide bonds. The molecule has 0 bridgehead atoms. The minimum Gasteiger partial charge on any atom is -0.507 e. The van der Waals surface area contributed by atoms with Crippen molar-refractivity contribution < 1.29 is 35.5 Å². The number of phenols is 2. The fourth-order valence-electron chi connectivity index (χ4n) is 2.17. The molecule has 0 aliphatic heterocycles. The number of aliphatic carboxylic acids is 2. The Kier molecular flexibility index (Phi) is 7.21. The van der Waals surface area contributed by atoms with Gasteiger partial charge in [0.1, 0.15) is 23.6 Å². The molecule has 2 rings (SSSR count). The second kappa shape index (κ2) is 10.7. The summed E-state index contributed by atoms with van der Waals surface area (Å²) in [5.41, 5.74) is 10.1. The third-order valence-corrected chi connectivity index (χ3v) is 3.46. The highest BCUT2D eigenvalue weighted by Crippen LogP contribution is 2.37. The Morgan fingerprint density at radius 2 is 1.14 bits per heavy atom. The summed E-state index contributed by atoms with van der Waals surface area (Å²) in [7, 11) is 0. The molecule has 0 saturated carbocycles. The normalized spacial score (nSPS) is 15.4. The van der Waals surface area contributed by atoms with Crippen molar-refractivity contribution in [1.29, 1.82) is 0 Å². The van der Waals surface area contributed by atoms with Gasteiger partial charge in [-0.1, -0.05) is 12.1 Å². The topological polar surface area (TPSA) is 167 Å². The molecule has 0 unspecified atom stereocenters. The van der Waals surface area contributed by atoms with Crippen LogP contribution < -0.4 is 11.5 Å². The zero-order valence-corrected chi connectivity index (χ0v) is 15.8. The van der Waals surface area contributed by atoms with Gasteiger partial charge in [-0.3, -0.25) is 9.59 Å². The number of nitrogens with two attached hydrogens (primary N) is 2. The predicted octanol–water partition coefficient (Wildman–Crippen LogP) is 1.52. The van der Waals surface area contributed by atoms with Crippen LogP contribution in [0.5, 0.6) is 11.5 Å².